The molecule has 0 aromatic heterocycles. The predicted octanol–water partition coefficient (Wildman–Crippen LogP) is 5.39. The second kappa shape index (κ2) is 9.35. The monoisotopic (exact) mass is 409 g/mol. The number of hydrogen-bond donors (Lipinski definition) is 3. The number of benzene rings is 3. The van der Waals surface area contributed by atoms with Gasteiger partial charge in [0, 0.05) is 28.5 Å². The van der Waals surface area contributed by atoms with Crippen LogP contribution in [0, 0.1) is 6.92 Å². The maximum atomic E-state index is 12.4. The van der Waals surface area contributed by atoms with Gasteiger partial charge < -0.3 is 16.0 Å². The maximum absolute atomic E-state index is 12.4. The molecule has 0 unspecified atom stereocenters. The quantitative estimate of drug-likeness (QED) is 0.495. The van der Waals surface area contributed by atoms with E-state index in [0.717, 1.165) is 22.5 Å². The van der Waals surface area contributed by atoms with Crippen LogP contribution in [-0.2, 0) is 6.54 Å². The van der Waals surface area contributed by atoms with E-state index in [1.165, 1.54) is 0 Å². The minimum Gasteiger partial charge on any atom is -0.348 e. The standard InChI is InChI=1S/C22H20ClN3OS/c1-15-10-11-19(13-20(15)23)26-22(28)25-18-9-5-8-17(12-18)21(27)24-14-16-6-3-2-4-7-16/h2-13H,14H2,1H3,(H,24,27)(H2,25,26,28). The summed E-state index contributed by atoms with van der Waals surface area (Å²) in [5.41, 5.74) is 4.13. The Balaban J connectivity index is 1.59. The molecule has 0 heterocycles. The molecule has 0 atom stereocenters. The molecule has 0 aliphatic rings. The second-order valence-corrected chi connectivity index (χ2v) is 7.11. The largest absolute Gasteiger partial charge is 0.348 e. The van der Waals surface area contributed by atoms with Gasteiger partial charge in [0.25, 0.3) is 5.91 Å². The second-order valence-electron chi connectivity index (χ2n) is 6.29. The molecule has 0 spiro atoms. The van der Waals surface area contributed by atoms with E-state index < -0.39 is 0 Å². The first-order valence-corrected chi connectivity index (χ1v) is 9.56. The summed E-state index contributed by atoms with van der Waals surface area (Å²) in [6, 6.07) is 22.6. The number of halogens is 1. The number of thiocarbonyl (C=S) groups is 1. The SMILES string of the molecule is Cc1ccc(NC(=S)Nc2cccc(C(=O)NCc3ccccc3)c2)cc1Cl. The van der Waals surface area contributed by atoms with Gasteiger partial charge in [-0.1, -0.05) is 54.1 Å². The van der Waals surface area contributed by atoms with Gasteiger partial charge in [-0.2, -0.15) is 0 Å². The number of carbonyl (C=O) groups excluding carboxylic acids is 1. The average molecular weight is 410 g/mol. The molecule has 4 nitrogen and oxygen atoms in total. The highest BCUT2D eigenvalue weighted by Gasteiger charge is 2.07. The number of nitrogens with one attached hydrogen (secondary N) is 3. The molecule has 6 heteroatoms. The summed E-state index contributed by atoms with van der Waals surface area (Å²) >= 11 is 11.5. The molecule has 1 amide bonds. The third kappa shape index (κ3) is 5.55. The molecule has 0 bridgehead atoms. The lowest BCUT2D eigenvalue weighted by molar-refractivity contribution is 0.0951. The third-order valence-corrected chi connectivity index (χ3v) is 4.72. The van der Waals surface area contributed by atoms with Crippen LogP contribution in [0.4, 0.5) is 11.4 Å². The van der Waals surface area contributed by atoms with Crippen LogP contribution >= 0.6 is 23.8 Å². The molecular formula is C22H20ClN3OS. The van der Waals surface area contributed by atoms with Gasteiger partial charge in [-0.25, -0.2) is 0 Å². The van der Waals surface area contributed by atoms with Gasteiger partial charge in [0.2, 0.25) is 0 Å². The molecule has 0 aliphatic carbocycles. The van der Waals surface area contributed by atoms with Crippen LogP contribution in [0.5, 0.6) is 0 Å². The first-order valence-electron chi connectivity index (χ1n) is 8.77. The Labute approximate surface area is 174 Å². The minimum absolute atomic E-state index is 0.142. The molecular weight excluding hydrogens is 390 g/mol. The van der Waals surface area contributed by atoms with E-state index in [-0.39, 0.29) is 5.91 Å². The normalized spacial score (nSPS) is 10.2. The molecule has 142 valence electrons. The Bertz CT molecular complexity index is 992. The van der Waals surface area contributed by atoms with Crippen LogP contribution in [0.2, 0.25) is 5.02 Å². The van der Waals surface area contributed by atoms with Gasteiger partial charge in [-0.3, -0.25) is 4.79 Å². The summed E-state index contributed by atoms with van der Waals surface area (Å²) in [5.74, 6) is -0.142. The third-order valence-electron chi connectivity index (χ3n) is 4.11. The highest BCUT2D eigenvalue weighted by atomic mass is 35.5. The predicted molar refractivity (Wildman–Crippen MR) is 120 cm³/mol. The first kappa shape index (κ1) is 19.9. The zero-order valence-electron chi connectivity index (χ0n) is 15.3. The van der Waals surface area contributed by atoms with Crippen molar-refractivity contribution in [3.63, 3.8) is 0 Å². The van der Waals surface area contributed by atoms with Crippen molar-refractivity contribution < 1.29 is 4.79 Å². The molecule has 0 saturated heterocycles. The van der Waals surface area contributed by atoms with Crippen LogP contribution in [0.15, 0.2) is 72.8 Å². The van der Waals surface area contributed by atoms with Gasteiger partial charge in [0.05, 0.1) is 0 Å². The Hall–Kier alpha value is -2.89. The maximum Gasteiger partial charge on any atom is 0.251 e. The molecule has 0 aliphatic heterocycles. The van der Waals surface area contributed by atoms with E-state index in [1.807, 2.05) is 67.6 Å². The summed E-state index contributed by atoms with van der Waals surface area (Å²) in [4.78, 5) is 12.4. The smallest absolute Gasteiger partial charge is 0.251 e. The van der Waals surface area contributed by atoms with Gasteiger partial charge in [-0.05, 0) is 60.6 Å². The Morgan fingerprint density at radius 2 is 1.64 bits per heavy atom. The lowest BCUT2D eigenvalue weighted by atomic mass is 10.1. The van der Waals surface area contributed by atoms with Crippen molar-refractivity contribution in [2.24, 2.45) is 0 Å². The van der Waals surface area contributed by atoms with Gasteiger partial charge in [0.15, 0.2) is 5.11 Å². The Kier molecular flexibility index (Phi) is 6.63. The van der Waals surface area contributed by atoms with Crippen molar-refractivity contribution in [1.82, 2.24) is 5.32 Å². The number of carbonyl (C=O) groups is 1. The van der Waals surface area contributed by atoms with Crippen LogP contribution in [-0.4, -0.2) is 11.0 Å². The zero-order valence-corrected chi connectivity index (χ0v) is 16.9. The fourth-order valence-corrected chi connectivity index (χ4v) is 3.00. The van der Waals surface area contributed by atoms with Crippen molar-refractivity contribution in [3.05, 3.63) is 94.5 Å². The van der Waals surface area contributed by atoms with Crippen LogP contribution in [0.25, 0.3) is 0 Å². The van der Waals surface area contributed by atoms with Gasteiger partial charge in [-0.15, -0.1) is 0 Å². The Morgan fingerprint density at radius 3 is 2.36 bits per heavy atom. The number of rotatable bonds is 5. The molecule has 3 rings (SSSR count). The zero-order chi connectivity index (χ0) is 19.9. The number of amides is 1. The van der Waals surface area contributed by atoms with E-state index in [2.05, 4.69) is 16.0 Å². The fourth-order valence-electron chi connectivity index (χ4n) is 2.58. The van der Waals surface area contributed by atoms with Crippen LogP contribution < -0.4 is 16.0 Å². The first-order chi connectivity index (χ1) is 13.5. The summed E-state index contributed by atoms with van der Waals surface area (Å²) in [5, 5.41) is 10.2. The van der Waals surface area contributed by atoms with E-state index in [0.29, 0.717) is 22.2 Å². The van der Waals surface area contributed by atoms with E-state index in [9.17, 15) is 4.79 Å². The summed E-state index contributed by atoms with van der Waals surface area (Å²) < 4.78 is 0. The van der Waals surface area contributed by atoms with Crippen molar-refractivity contribution in [1.29, 1.82) is 0 Å². The van der Waals surface area contributed by atoms with E-state index in [4.69, 9.17) is 23.8 Å². The molecule has 0 radical (unpaired) electrons. The molecule has 3 aromatic rings. The van der Waals surface area contributed by atoms with Crippen LogP contribution in [0.1, 0.15) is 21.5 Å². The van der Waals surface area contributed by atoms with E-state index >= 15 is 0 Å². The molecule has 3 N–H and O–H groups in total. The van der Waals surface area contributed by atoms with E-state index in [1.54, 1.807) is 12.1 Å². The van der Waals surface area contributed by atoms with Crippen molar-refractivity contribution >= 4 is 46.2 Å². The molecule has 28 heavy (non-hydrogen) atoms. The topological polar surface area (TPSA) is 53.2 Å². The highest BCUT2D eigenvalue weighted by Crippen LogP contribution is 2.20. The Morgan fingerprint density at radius 1 is 0.929 bits per heavy atom. The summed E-state index contributed by atoms with van der Waals surface area (Å²) in [7, 11) is 0. The molecule has 3 aromatic carbocycles. The fraction of sp³-hybridized carbons (Fsp3) is 0.0909. The highest BCUT2D eigenvalue weighted by molar-refractivity contribution is 7.80. The van der Waals surface area contributed by atoms with Crippen molar-refractivity contribution in [3.8, 4) is 0 Å². The average Bonchev–Trinajstić information content (AvgIpc) is 2.70. The summed E-state index contributed by atoms with van der Waals surface area (Å²) in [6.07, 6.45) is 0. The lowest BCUT2D eigenvalue weighted by Crippen LogP contribution is -2.23. The summed E-state index contributed by atoms with van der Waals surface area (Å²) in [6.45, 7) is 2.42. The van der Waals surface area contributed by atoms with Gasteiger partial charge in [0.1, 0.15) is 0 Å². The van der Waals surface area contributed by atoms with Gasteiger partial charge >= 0.3 is 0 Å². The van der Waals surface area contributed by atoms with Crippen molar-refractivity contribution in [2.75, 3.05) is 10.6 Å². The molecule has 0 fully saturated rings. The lowest BCUT2D eigenvalue weighted by Gasteiger charge is -2.12. The molecule has 0 saturated carbocycles. The number of hydrogen-bond acceptors (Lipinski definition) is 2. The van der Waals surface area contributed by atoms with Crippen LogP contribution in [0.3, 0.4) is 0 Å². The minimum atomic E-state index is -0.142. The number of aryl methyl sites for hydroxylation is 1. The number of anilines is 2. The van der Waals surface area contributed by atoms with Crippen molar-refractivity contribution in [2.45, 2.75) is 13.5 Å².